The van der Waals surface area contributed by atoms with E-state index >= 15 is 0 Å². The second-order valence-corrected chi connectivity index (χ2v) is 7.23. The minimum Gasteiger partial charge on any atom is -0.504 e. The molecule has 25 heavy (non-hydrogen) atoms. The summed E-state index contributed by atoms with van der Waals surface area (Å²) in [5, 5.41) is 10.4. The topological polar surface area (TPSA) is 59.0 Å². The van der Waals surface area contributed by atoms with E-state index in [1.807, 2.05) is 18.2 Å². The Morgan fingerprint density at radius 3 is 3.08 bits per heavy atom. The van der Waals surface area contributed by atoms with Crippen molar-refractivity contribution >= 4 is 18.4 Å². The van der Waals surface area contributed by atoms with E-state index in [1.54, 1.807) is 11.0 Å². The van der Waals surface area contributed by atoms with E-state index < -0.39 is 30.6 Å². The van der Waals surface area contributed by atoms with Gasteiger partial charge in [0.05, 0.1) is 0 Å². The summed E-state index contributed by atoms with van der Waals surface area (Å²) in [5.74, 6) is 0.0773. The number of carbonyl (C=O) groups excluding carboxylic acids is 1. The van der Waals surface area contributed by atoms with Crippen molar-refractivity contribution in [3.63, 3.8) is 0 Å². The number of hydrogen-bond acceptors (Lipinski definition) is 5. The predicted molar refractivity (Wildman–Crippen MR) is 94.4 cm³/mol. The molecule has 2 heterocycles. The van der Waals surface area contributed by atoms with Crippen molar-refractivity contribution in [1.82, 2.24) is 4.90 Å². The Balaban J connectivity index is 0.00000192. The maximum Gasteiger partial charge on any atom is 0.303 e. The molecule has 2 aliphatic carbocycles. The number of benzene rings is 1. The van der Waals surface area contributed by atoms with Crippen molar-refractivity contribution in [1.29, 1.82) is 0 Å². The number of nitrogens with zero attached hydrogens (tertiary/aromatic N) is 1. The van der Waals surface area contributed by atoms with Crippen LogP contribution in [-0.2, 0) is 21.4 Å². The molecule has 0 radical (unpaired) electrons. The summed E-state index contributed by atoms with van der Waals surface area (Å²) in [7, 11) is 0. The van der Waals surface area contributed by atoms with Gasteiger partial charge in [-0.3, -0.25) is 4.79 Å². The van der Waals surface area contributed by atoms with Crippen LogP contribution in [0.25, 0.3) is 0 Å². The van der Waals surface area contributed by atoms with Gasteiger partial charge < -0.3 is 19.5 Å². The number of halogens is 1. The fraction of sp³-hybridized carbons (Fsp3) is 0.526. The van der Waals surface area contributed by atoms with Gasteiger partial charge >= 0.3 is 5.97 Å². The van der Waals surface area contributed by atoms with Gasteiger partial charge in [0.15, 0.2) is 17.6 Å². The molecule has 0 unspecified atom stereocenters. The molecule has 0 saturated carbocycles. The highest BCUT2D eigenvalue weighted by molar-refractivity contribution is 5.85. The molecule has 134 valence electrons. The van der Waals surface area contributed by atoms with Crippen LogP contribution >= 0.6 is 12.4 Å². The lowest BCUT2D eigenvalue weighted by molar-refractivity contribution is -0.152. The van der Waals surface area contributed by atoms with E-state index in [9.17, 15) is 9.90 Å². The number of likely N-dealkylation sites (N-methyl/N-ethyl adjacent to an activating group) is 1. The van der Waals surface area contributed by atoms with E-state index in [0.717, 1.165) is 11.1 Å². The molecule has 1 aromatic rings. The Kier molecular flexibility index (Phi) is 2.90. The van der Waals surface area contributed by atoms with Crippen LogP contribution in [0.3, 0.4) is 0 Å². The third-order valence-electron chi connectivity index (χ3n) is 6.15. The molecule has 4 aliphatic rings. The van der Waals surface area contributed by atoms with Gasteiger partial charge in [-0.25, -0.2) is 0 Å². The summed E-state index contributed by atoms with van der Waals surface area (Å²) >= 11 is 0. The molecule has 1 aromatic carbocycles. The van der Waals surface area contributed by atoms with Crippen molar-refractivity contribution < 1.29 is 23.5 Å². The Labute approximate surface area is 157 Å². The van der Waals surface area contributed by atoms with Crippen LogP contribution in [0.2, 0.25) is 0 Å². The van der Waals surface area contributed by atoms with Crippen LogP contribution in [0.15, 0.2) is 24.3 Å². The van der Waals surface area contributed by atoms with E-state index in [4.69, 9.17) is 13.6 Å². The van der Waals surface area contributed by atoms with Gasteiger partial charge in [-0.2, -0.15) is 0 Å². The highest BCUT2D eigenvalue weighted by atomic mass is 35.5. The Morgan fingerprint density at radius 2 is 2.32 bits per heavy atom. The molecule has 5 nitrogen and oxygen atoms in total. The summed E-state index contributed by atoms with van der Waals surface area (Å²) in [4.78, 5) is 13.2. The fourth-order valence-electron chi connectivity index (χ4n) is 5.33. The lowest BCUT2D eigenvalue weighted by Crippen LogP contribution is -2.65. The smallest absolute Gasteiger partial charge is 0.303 e. The maximum atomic E-state index is 11.6. The molecule has 2 aliphatic heterocycles. The van der Waals surface area contributed by atoms with Crippen LogP contribution < -0.4 is 4.74 Å². The lowest BCUT2D eigenvalue weighted by Gasteiger charge is -2.56. The summed E-state index contributed by atoms with van der Waals surface area (Å²) in [5.41, 5.74) is 1.50. The van der Waals surface area contributed by atoms with Gasteiger partial charge in [0.25, 0.3) is 0 Å². The van der Waals surface area contributed by atoms with Crippen molar-refractivity contribution in [2.45, 2.75) is 43.4 Å². The first kappa shape index (κ1) is 13.5. The number of esters is 1. The largest absolute Gasteiger partial charge is 0.504 e. The van der Waals surface area contributed by atoms with Gasteiger partial charge in [-0.1, -0.05) is 12.1 Å². The molecule has 1 spiro atoms. The van der Waals surface area contributed by atoms with E-state index in [-0.39, 0.29) is 30.1 Å². The average molecular weight is 367 g/mol. The fourth-order valence-corrected chi connectivity index (χ4v) is 5.33. The number of hydrogen-bond donors (Lipinski definition) is 1. The minimum absolute atomic E-state index is 0. The number of aromatic hydroxyl groups is 1. The first-order chi connectivity index (χ1) is 12.7. The molecule has 5 atom stereocenters. The van der Waals surface area contributed by atoms with Crippen LogP contribution in [0.1, 0.15) is 28.6 Å². The van der Waals surface area contributed by atoms with Gasteiger partial charge in [-0.15, -0.1) is 12.4 Å². The van der Waals surface area contributed by atoms with E-state index in [2.05, 4.69) is 0 Å². The first-order valence-corrected chi connectivity index (χ1v) is 8.38. The van der Waals surface area contributed by atoms with Crippen molar-refractivity contribution in [2.24, 2.45) is 5.92 Å². The maximum absolute atomic E-state index is 11.6. The molecule has 1 fully saturated rings. The van der Waals surface area contributed by atoms with Gasteiger partial charge in [-0.05, 0) is 44.1 Å². The zero-order chi connectivity index (χ0) is 19.1. The highest BCUT2D eigenvalue weighted by Crippen LogP contribution is 2.62. The zero-order valence-electron chi connectivity index (χ0n) is 16.8. The molecule has 2 bridgehead atoms. The Bertz CT molecular complexity index is 873. The molecule has 6 heteroatoms. The molecular weight excluding hydrogens is 342 g/mol. The second kappa shape index (κ2) is 5.39. The number of rotatable bonds is 1. The average Bonchev–Trinajstić information content (AvgIpc) is 2.91. The van der Waals surface area contributed by atoms with Gasteiger partial charge in [0.1, 0.15) is 6.10 Å². The van der Waals surface area contributed by atoms with Gasteiger partial charge in [0, 0.05) is 34.0 Å². The first-order valence-electron chi connectivity index (χ1n) is 9.88. The number of piperidine rings is 1. The lowest BCUT2D eigenvalue weighted by atomic mass is 9.53. The highest BCUT2D eigenvalue weighted by Gasteiger charge is 2.64. The van der Waals surface area contributed by atoms with Crippen molar-refractivity contribution in [2.75, 3.05) is 13.5 Å². The monoisotopic (exact) mass is 366 g/mol. The van der Waals surface area contributed by atoms with Crippen LogP contribution in [0.5, 0.6) is 11.5 Å². The number of phenolic OH excluding ortho intramolecular Hbond substituents is 1. The zero-order valence-corrected chi connectivity index (χ0v) is 14.6. The third kappa shape index (κ3) is 1.97. The normalized spacial score (nSPS) is 39.2. The van der Waals surface area contributed by atoms with Crippen LogP contribution in [-0.4, -0.2) is 47.7 Å². The number of likely N-dealkylation sites (tertiary alicyclic amines) is 1. The van der Waals surface area contributed by atoms with E-state index in [1.165, 1.54) is 6.92 Å². The minimum atomic E-state index is -2.17. The number of ether oxygens (including phenoxy) is 2. The summed E-state index contributed by atoms with van der Waals surface area (Å²) in [6, 6.07) is 3.29. The van der Waals surface area contributed by atoms with Crippen LogP contribution in [0.4, 0.5) is 0 Å². The predicted octanol–water partition coefficient (Wildman–Crippen LogP) is 2.19. The van der Waals surface area contributed by atoms with Crippen molar-refractivity contribution in [3.05, 3.63) is 35.4 Å². The standard InChI is InChI=1S/C19H21NO4.ClH/c1-10(21)23-15-6-4-12-13-9-11-3-5-14(22)17-16(11)19(12,18(15)24-17)7-8-20(13)2;/h3-6,12-13,15,18,22H,7-9H2,1-2H3;1H/t12-,13+,15-,18-,19-;/m0./s1/i2D3;. The van der Waals surface area contributed by atoms with Crippen LogP contribution in [0, 0.1) is 5.92 Å². The van der Waals surface area contributed by atoms with E-state index in [0.29, 0.717) is 25.1 Å². The summed E-state index contributed by atoms with van der Waals surface area (Å²) < 4.78 is 35.6. The molecule has 1 saturated heterocycles. The summed E-state index contributed by atoms with van der Waals surface area (Å²) in [6.07, 6.45) is 3.96. The third-order valence-corrected chi connectivity index (χ3v) is 6.15. The number of phenols is 1. The Morgan fingerprint density at radius 1 is 1.48 bits per heavy atom. The quantitative estimate of drug-likeness (QED) is 0.610. The molecule has 5 rings (SSSR count). The molecule has 0 amide bonds. The Hall–Kier alpha value is -1.72. The van der Waals surface area contributed by atoms with Crippen molar-refractivity contribution in [3.8, 4) is 11.5 Å². The second-order valence-electron chi connectivity index (χ2n) is 7.23. The molecular formula is C19H22ClNO4. The summed E-state index contributed by atoms with van der Waals surface area (Å²) in [6.45, 7) is -0.394. The molecule has 1 N–H and O–H groups in total. The molecule has 0 aromatic heterocycles. The SMILES string of the molecule is Cl.[2H]C([2H])([2H])N1CC[C@]23c4c5ccc(O)c4O[C@H]2[C@@H](OC(C)=O)C=C[C@H]3[C@H]1C5. The number of carbonyl (C=O) groups is 1. The van der Waals surface area contributed by atoms with Gasteiger partial charge in [0.2, 0.25) is 0 Å².